The van der Waals surface area contributed by atoms with Crippen LogP contribution >= 0.6 is 0 Å². The van der Waals surface area contributed by atoms with Crippen LogP contribution in [0.25, 0.3) is 21.8 Å². The van der Waals surface area contributed by atoms with Crippen LogP contribution in [0.3, 0.4) is 0 Å². The lowest BCUT2D eigenvalue weighted by molar-refractivity contribution is 0.570. The Morgan fingerprint density at radius 1 is 0.810 bits per heavy atom. The molecular weight excluding hydrogens is 256 g/mol. The maximum atomic E-state index is 4.65. The molecule has 0 spiro atoms. The van der Waals surface area contributed by atoms with Crippen molar-refractivity contribution in [3.63, 3.8) is 0 Å². The van der Waals surface area contributed by atoms with Gasteiger partial charge in [0.1, 0.15) is 0 Å². The Morgan fingerprint density at radius 2 is 1.48 bits per heavy atom. The van der Waals surface area contributed by atoms with Gasteiger partial charge in [-0.3, -0.25) is 4.98 Å². The smallest absolute Gasteiger partial charge is 0.0498 e. The summed E-state index contributed by atoms with van der Waals surface area (Å²) in [4.78, 5) is 8.21. The summed E-state index contributed by atoms with van der Waals surface area (Å²) in [6, 6.07) is 8.90. The number of fused-ring (bicyclic) bond motifs is 3. The first kappa shape index (κ1) is 14.1. The number of hydrogen-bond donors (Lipinski definition) is 1. The lowest BCUT2D eigenvalue weighted by Crippen LogP contribution is -2.12. The van der Waals surface area contributed by atoms with Gasteiger partial charge in [0.2, 0.25) is 0 Å². The van der Waals surface area contributed by atoms with Crippen LogP contribution in [0, 0.1) is 0 Å². The van der Waals surface area contributed by atoms with E-state index in [0.717, 1.165) is 5.69 Å². The van der Waals surface area contributed by atoms with Crippen molar-refractivity contribution in [1.29, 1.82) is 0 Å². The van der Waals surface area contributed by atoms with Gasteiger partial charge in [0.25, 0.3) is 0 Å². The van der Waals surface area contributed by atoms with E-state index in [1.54, 1.807) is 0 Å². The summed E-state index contributed by atoms with van der Waals surface area (Å²) in [6.07, 6.45) is 2.01. The molecule has 2 nitrogen and oxygen atoms in total. The molecule has 0 aliphatic heterocycles. The molecule has 3 rings (SSSR count). The standard InChI is InChI=1S/C19H24N2/c1-18(2,3)12-7-8-13-14-11-20-17(19(4,5)6)10-16(14)21-15(13)9-12/h7-11,21H,1-6H3. The van der Waals surface area contributed by atoms with E-state index < -0.39 is 0 Å². The quantitative estimate of drug-likeness (QED) is 0.594. The van der Waals surface area contributed by atoms with Crippen LogP contribution in [0.5, 0.6) is 0 Å². The molecule has 110 valence electrons. The van der Waals surface area contributed by atoms with Crippen molar-refractivity contribution < 1.29 is 0 Å². The second kappa shape index (κ2) is 4.33. The highest BCUT2D eigenvalue weighted by Crippen LogP contribution is 2.31. The molecule has 0 saturated heterocycles. The molecule has 0 saturated carbocycles. The minimum absolute atomic E-state index is 0.0715. The van der Waals surface area contributed by atoms with E-state index >= 15 is 0 Å². The van der Waals surface area contributed by atoms with E-state index in [4.69, 9.17) is 0 Å². The van der Waals surface area contributed by atoms with E-state index in [2.05, 4.69) is 75.8 Å². The van der Waals surface area contributed by atoms with Crippen LogP contribution in [-0.4, -0.2) is 9.97 Å². The second-order valence-electron chi connectivity index (χ2n) is 8.00. The Morgan fingerprint density at radius 3 is 2.10 bits per heavy atom. The summed E-state index contributed by atoms with van der Waals surface area (Å²) in [5.41, 5.74) is 5.09. The summed E-state index contributed by atoms with van der Waals surface area (Å²) in [5, 5.41) is 2.46. The zero-order chi connectivity index (χ0) is 15.4. The molecule has 1 aromatic carbocycles. The van der Waals surface area contributed by atoms with Crippen LogP contribution in [0.1, 0.15) is 52.8 Å². The fourth-order valence-corrected chi connectivity index (χ4v) is 2.68. The van der Waals surface area contributed by atoms with Gasteiger partial charge < -0.3 is 4.98 Å². The first-order valence-electron chi connectivity index (χ1n) is 7.59. The van der Waals surface area contributed by atoms with Gasteiger partial charge in [-0.2, -0.15) is 0 Å². The fraction of sp³-hybridized carbons (Fsp3) is 0.421. The zero-order valence-electron chi connectivity index (χ0n) is 13.8. The van der Waals surface area contributed by atoms with Gasteiger partial charge in [-0.05, 0) is 23.1 Å². The number of hydrogen-bond acceptors (Lipinski definition) is 1. The fourth-order valence-electron chi connectivity index (χ4n) is 2.68. The highest BCUT2D eigenvalue weighted by Gasteiger charge is 2.18. The van der Waals surface area contributed by atoms with E-state index in [1.165, 1.54) is 27.4 Å². The summed E-state index contributed by atoms with van der Waals surface area (Å²) in [7, 11) is 0. The lowest BCUT2D eigenvalue weighted by atomic mass is 9.86. The molecule has 0 fully saturated rings. The van der Waals surface area contributed by atoms with Gasteiger partial charge in [0.15, 0.2) is 0 Å². The number of nitrogens with one attached hydrogen (secondary N) is 1. The van der Waals surface area contributed by atoms with Gasteiger partial charge >= 0.3 is 0 Å². The number of rotatable bonds is 0. The monoisotopic (exact) mass is 280 g/mol. The van der Waals surface area contributed by atoms with Crippen LogP contribution in [-0.2, 0) is 10.8 Å². The number of H-pyrrole nitrogens is 1. The number of benzene rings is 1. The average molecular weight is 280 g/mol. The Bertz CT molecular complexity index is 743. The van der Waals surface area contributed by atoms with Gasteiger partial charge in [-0.1, -0.05) is 53.7 Å². The number of aromatic nitrogens is 2. The third-order valence-electron chi connectivity index (χ3n) is 4.12. The first-order valence-corrected chi connectivity index (χ1v) is 7.59. The Labute approximate surface area is 126 Å². The molecule has 2 aromatic heterocycles. The largest absolute Gasteiger partial charge is 0.354 e. The molecule has 2 heterocycles. The van der Waals surface area contributed by atoms with Gasteiger partial charge in [-0.15, -0.1) is 0 Å². The second-order valence-corrected chi connectivity index (χ2v) is 8.00. The highest BCUT2D eigenvalue weighted by molar-refractivity contribution is 6.07. The van der Waals surface area contributed by atoms with E-state index in [1.807, 2.05) is 6.20 Å². The highest BCUT2D eigenvalue weighted by atomic mass is 14.8. The van der Waals surface area contributed by atoms with Crippen molar-refractivity contribution >= 4 is 21.8 Å². The van der Waals surface area contributed by atoms with Crippen molar-refractivity contribution in [3.05, 3.63) is 41.7 Å². The lowest BCUT2D eigenvalue weighted by Gasteiger charge is -2.18. The van der Waals surface area contributed by atoms with Crippen molar-refractivity contribution in [2.24, 2.45) is 0 Å². The maximum absolute atomic E-state index is 4.65. The number of pyridine rings is 1. The van der Waals surface area contributed by atoms with Crippen molar-refractivity contribution in [2.75, 3.05) is 0 Å². The van der Waals surface area contributed by atoms with E-state index in [0.29, 0.717) is 0 Å². The van der Waals surface area contributed by atoms with Gasteiger partial charge in [-0.25, -0.2) is 0 Å². The summed E-state index contributed by atoms with van der Waals surface area (Å²) in [6.45, 7) is 13.3. The molecule has 0 unspecified atom stereocenters. The SMILES string of the molecule is CC(C)(C)c1ccc2c(c1)[nH]c1cc(C(C)(C)C)ncc12. The molecule has 0 aliphatic carbocycles. The predicted molar refractivity (Wildman–Crippen MR) is 91.0 cm³/mol. The molecule has 0 radical (unpaired) electrons. The van der Waals surface area contributed by atoms with Crippen molar-refractivity contribution in [1.82, 2.24) is 9.97 Å². The molecule has 3 aromatic rings. The van der Waals surface area contributed by atoms with Gasteiger partial charge in [0, 0.05) is 39.1 Å². The van der Waals surface area contributed by atoms with Crippen molar-refractivity contribution in [2.45, 2.75) is 52.4 Å². The molecule has 0 atom stereocenters. The summed E-state index contributed by atoms with van der Waals surface area (Å²) in [5.74, 6) is 0. The number of aromatic amines is 1. The Kier molecular flexibility index (Phi) is 2.91. The third-order valence-corrected chi connectivity index (χ3v) is 4.12. The Balaban J connectivity index is 2.24. The minimum atomic E-state index is 0.0715. The topological polar surface area (TPSA) is 28.7 Å². The Hall–Kier alpha value is -1.83. The minimum Gasteiger partial charge on any atom is -0.354 e. The molecule has 0 aliphatic rings. The van der Waals surface area contributed by atoms with Crippen LogP contribution in [0.4, 0.5) is 0 Å². The maximum Gasteiger partial charge on any atom is 0.0498 e. The van der Waals surface area contributed by atoms with Gasteiger partial charge in [0.05, 0.1) is 0 Å². The van der Waals surface area contributed by atoms with E-state index in [9.17, 15) is 0 Å². The molecule has 0 amide bonds. The summed E-state index contributed by atoms with van der Waals surface area (Å²) < 4.78 is 0. The van der Waals surface area contributed by atoms with Crippen LogP contribution in [0.15, 0.2) is 30.5 Å². The first-order chi connectivity index (χ1) is 9.66. The van der Waals surface area contributed by atoms with Crippen LogP contribution < -0.4 is 0 Å². The van der Waals surface area contributed by atoms with Crippen LogP contribution in [0.2, 0.25) is 0 Å². The predicted octanol–water partition coefficient (Wildman–Crippen LogP) is 5.31. The third kappa shape index (κ3) is 2.44. The molecule has 2 heteroatoms. The molecule has 1 N–H and O–H groups in total. The molecular formula is C19H24N2. The number of nitrogens with zero attached hydrogens (tertiary/aromatic N) is 1. The molecule has 21 heavy (non-hydrogen) atoms. The van der Waals surface area contributed by atoms with Crippen molar-refractivity contribution in [3.8, 4) is 0 Å². The molecule has 0 bridgehead atoms. The average Bonchev–Trinajstić information content (AvgIpc) is 2.73. The summed E-state index contributed by atoms with van der Waals surface area (Å²) >= 11 is 0. The zero-order valence-corrected chi connectivity index (χ0v) is 13.8. The van der Waals surface area contributed by atoms with E-state index in [-0.39, 0.29) is 10.8 Å². The normalized spacial score (nSPS) is 13.2.